The summed E-state index contributed by atoms with van der Waals surface area (Å²) in [7, 11) is 1.32. The third-order valence-electron chi connectivity index (χ3n) is 4.22. The number of carbonyl (C=O) groups is 2. The van der Waals surface area contributed by atoms with Gasteiger partial charge >= 0.3 is 5.97 Å². The molecule has 0 bridgehead atoms. The van der Waals surface area contributed by atoms with Crippen molar-refractivity contribution in [1.29, 1.82) is 0 Å². The third kappa shape index (κ3) is 4.07. The molecule has 2 aromatic carbocycles. The Balaban J connectivity index is 2.04. The van der Waals surface area contributed by atoms with Crippen molar-refractivity contribution in [3.63, 3.8) is 0 Å². The molecule has 3 aromatic rings. The largest absolute Gasteiger partial charge is 0.465 e. The summed E-state index contributed by atoms with van der Waals surface area (Å²) in [6.07, 6.45) is 0. The zero-order chi connectivity index (χ0) is 20.4. The number of hydrogen-bond donors (Lipinski definition) is 1. The Morgan fingerprint density at radius 2 is 1.68 bits per heavy atom. The smallest absolute Gasteiger partial charge is 0.341 e. The van der Waals surface area contributed by atoms with E-state index in [4.69, 9.17) is 27.9 Å². The second-order valence-electron chi connectivity index (χ2n) is 6.18. The highest BCUT2D eigenvalue weighted by Gasteiger charge is 2.25. The number of halogens is 2. The van der Waals surface area contributed by atoms with Gasteiger partial charge in [-0.3, -0.25) is 4.79 Å². The fourth-order valence-electron chi connectivity index (χ4n) is 2.81. The van der Waals surface area contributed by atoms with Gasteiger partial charge in [0.2, 0.25) is 0 Å². The molecule has 0 aliphatic heterocycles. The first-order valence-electron chi connectivity index (χ1n) is 8.37. The van der Waals surface area contributed by atoms with Crippen molar-refractivity contribution in [3.8, 4) is 11.1 Å². The maximum atomic E-state index is 12.7. The van der Waals surface area contributed by atoms with Crippen LogP contribution in [0.2, 0.25) is 10.0 Å². The normalized spacial score (nSPS) is 10.6. The highest BCUT2D eigenvalue weighted by Crippen LogP contribution is 2.40. The summed E-state index contributed by atoms with van der Waals surface area (Å²) < 4.78 is 4.98. The number of hydrogen-bond acceptors (Lipinski definition) is 4. The van der Waals surface area contributed by atoms with Crippen LogP contribution in [0.3, 0.4) is 0 Å². The number of esters is 1. The van der Waals surface area contributed by atoms with E-state index in [1.165, 1.54) is 24.5 Å². The SMILES string of the molecule is COC(=O)c1c(NC(=O)c2ccc(Cl)c(Cl)c2)sc(C)c1-c1ccc(C)cc1. The molecule has 0 aliphatic carbocycles. The van der Waals surface area contributed by atoms with E-state index in [0.29, 0.717) is 21.2 Å². The van der Waals surface area contributed by atoms with E-state index in [0.717, 1.165) is 21.6 Å². The summed E-state index contributed by atoms with van der Waals surface area (Å²) in [5.74, 6) is -0.898. The Morgan fingerprint density at radius 3 is 2.29 bits per heavy atom. The van der Waals surface area contributed by atoms with Crippen molar-refractivity contribution >= 4 is 51.4 Å². The van der Waals surface area contributed by atoms with Crippen molar-refractivity contribution in [2.24, 2.45) is 0 Å². The van der Waals surface area contributed by atoms with Gasteiger partial charge in [0.1, 0.15) is 10.6 Å². The number of benzene rings is 2. The lowest BCUT2D eigenvalue weighted by Crippen LogP contribution is -2.14. The zero-order valence-corrected chi connectivity index (χ0v) is 17.8. The summed E-state index contributed by atoms with van der Waals surface area (Å²) in [5.41, 5.74) is 3.43. The number of nitrogens with one attached hydrogen (secondary N) is 1. The Morgan fingerprint density at radius 1 is 1.00 bits per heavy atom. The molecule has 0 aliphatic rings. The summed E-state index contributed by atoms with van der Waals surface area (Å²) in [5, 5.41) is 3.88. The van der Waals surface area contributed by atoms with Gasteiger partial charge < -0.3 is 10.1 Å². The number of rotatable bonds is 4. The molecule has 3 rings (SSSR count). The summed E-state index contributed by atoms with van der Waals surface area (Å²) >= 11 is 13.2. The highest BCUT2D eigenvalue weighted by atomic mass is 35.5. The van der Waals surface area contributed by atoms with Crippen LogP contribution < -0.4 is 5.32 Å². The van der Waals surface area contributed by atoms with Crippen LogP contribution in [0, 0.1) is 13.8 Å². The highest BCUT2D eigenvalue weighted by molar-refractivity contribution is 7.17. The van der Waals surface area contributed by atoms with Crippen LogP contribution in [-0.2, 0) is 4.74 Å². The van der Waals surface area contributed by atoms with Gasteiger partial charge in [0.05, 0.1) is 17.2 Å². The van der Waals surface area contributed by atoms with E-state index < -0.39 is 5.97 Å². The van der Waals surface area contributed by atoms with Crippen LogP contribution in [0.25, 0.3) is 11.1 Å². The van der Waals surface area contributed by atoms with E-state index in [2.05, 4.69) is 5.32 Å². The van der Waals surface area contributed by atoms with Gasteiger partial charge in [-0.2, -0.15) is 0 Å². The first-order valence-corrected chi connectivity index (χ1v) is 9.94. The second-order valence-corrected chi connectivity index (χ2v) is 8.22. The van der Waals surface area contributed by atoms with Crippen LogP contribution in [0.5, 0.6) is 0 Å². The molecule has 4 nitrogen and oxygen atoms in total. The molecule has 1 heterocycles. The van der Waals surface area contributed by atoms with Crippen molar-refractivity contribution in [2.75, 3.05) is 12.4 Å². The van der Waals surface area contributed by atoms with Crippen molar-refractivity contribution in [2.45, 2.75) is 13.8 Å². The van der Waals surface area contributed by atoms with Crippen molar-refractivity contribution < 1.29 is 14.3 Å². The van der Waals surface area contributed by atoms with Crippen LogP contribution >= 0.6 is 34.5 Å². The Labute approximate surface area is 177 Å². The Bertz CT molecular complexity index is 1060. The maximum Gasteiger partial charge on any atom is 0.341 e. The van der Waals surface area contributed by atoms with Crippen LogP contribution in [0.1, 0.15) is 31.2 Å². The molecular weight excluding hydrogens is 417 g/mol. The van der Waals surface area contributed by atoms with Gasteiger partial charge in [-0.1, -0.05) is 53.0 Å². The van der Waals surface area contributed by atoms with Crippen LogP contribution in [-0.4, -0.2) is 19.0 Å². The Hall–Kier alpha value is -2.34. The molecule has 144 valence electrons. The zero-order valence-electron chi connectivity index (χ0n) is 15.4. The molecule has 1 amide bonds. The fourth-order valence-corrected chi connectivity index (χ4v) is 4.17. The molecule has 1 aromatic heterocycles. The lowest BCUT2D eigenvalue weighted by Gasteiger charge is -2.09. The third-order valence-corrected chi connectivity index (χ3v) is 5.98. The molecule has 0 spiro atoms. The van der Waals surface area contributed by atoms with Crippen molar-refractivity contribution in [3.05, 3.63) is 74.1 Å². The van der Waals surface area contributed by atoms with E-state index in [1.54, 1.807) is 12.1 Å². The molecule has 0 atom stereocenters. The average molecular weight is 434 g/mol. The standard InChI is InChI=1S/C21H17Cl2NO3S/c1-11-4-6-13(7-5-11)17-12(2)28-20(18(17)21(26)27-3)24-19(25)14-8-9-15(22)16(23)10-14/h4-10H,1-3H3,(H,24,25). The summed E-state index contributed by atoms with van der Waals surface area (Å²) in [6.45, 7) is 3.90. The van der Waals surface area contributed by atoms with E-state index >= 15 is 0 Å². The lowest BCUT2D eigenvalue weighted by atomic mass is 10.0. The van der Waals surface area contributed by atoms with Gasteiger partial charge in [0.15, 0.2) is 0 Å². The van der Waals surface area contributed by atoms with Gasteiger partial charge in [-0.05, 0) is 37.6 Å². The minimum atomic E-state index is -0.510. The molecular formula is C21H17Cl2NO3S. The van der Waals surface area contributed by atoms with Gasteiger partial charge in [-0.25, -0.2) is 4.79 Å². The van der Waals surface area contributed by atoms with Crippen molar-refractivity contribution in [1.82, 2.24) is 0 Å². The number of aryl methyl sites for hydroxylation is 2. The van der Waals surface area contributed by atoms with E-state index in [-0.39, 0.29) is 10.9 Å². The average Bonchev–Trinajstić information content (AvgIpc) is 2.99. The number of ether oxygens (including phenoxy) is 1. The molecule has 0 unspecified atom stereocenters. The quantitative estimate of drug-likeness (QED) is 0.485. The van der Waals surface area contributed by atoms with E-state index in [1.807, 2.05) is 38.1 Å². The number of thiophene rings is 1. The minimum absolute atomic E-state index is 0.283. The van der Waals surface area contributed by atoms with Gasteiger partial charge in [0, 0.05) is 16.0 Å². The molecule has 0 radical (unpaired) electrons. The van der Waals surface area contributed by atoms with Gasteiger partial charge in [-0.15, -0.1) is 11.3 Å². The number of amides is 1. The minimum Gasteiger partial charge on any atom is -0.465 e. The molecule has 7 heteroatoms. The molecule has 1 N–H and O–H groups in total. The predicted octanol–water partition coefficient (Wildman–Crippen LogP) is 6.38. The lowest BCUT2D eigenvalue weighted by molar-refractivity contribution is 0.0603. The monoisotopic (exact) mass is 433 g/mol. The molecule has 28 heavy (non-hydrogen) atoms. The van der Waals surface area contributed by atoms with Gasteiger partial charge in [0.25, 0.3) is 5.91 Å². The van der Waals surface area contributed by atoms with Crippen LogP contribution in [0.4, 0.5) is 5.00 Å². The number of methoxy groups -OCH3 is 1. The second kappa shape index (κ2) is 8.35. The first-order chi connectivity index (χ1) is 13.3. The Kier molecular flexibility index (Phi) is 6.08. The maximum absolute atomic E-state index is 12.7. The topological polar surface area (TPSA) is 55.4 Å². The number of carbonyl (C=O) groups excluding carboxylic acids is 2. The van der Waals surface area contributed by atoms with Crippen LogP contribution in [0.15, 0.2) is 42.5 Å². The first kappa shape index (κ1) is 20.4. The fraction of sp³-hybridized carbons (Fsp3) is 0.143. The predicted molar refractivity (Wildman–Crippen MR) is 115 cm³/mol. The summed E-state index contributed by atoms with van der Waals surface area (Å²) in [4.78, 5) is 26.1. The molecule has 0 fully saturated rings. The summed E-state index contributed by atoms with van der Waals surface area (Å²) in [6, 6.07) is 12.4. The number of anilines is 1. The van der Waals surface area contributed by atoms with E-state index in [9.17, 15) is 9.59 Å². The molecule has 0 saturated carbocycles. The molecule has 0 saturated heterocycles.